The van der Waals surface area contributed by atoms with E-state index in [4.69, 9.17) is 16.0 Å². The molecule has 1 aliphatic heterocycles. The number of rotatable bonds is 4. The number of anilines is 1. The van der Waals surface area contributed by atoms with Gasteiger partial charge in [-0.25, -0.2) is 4.98 Å². The maximum absolute atomic E-state index is 6.31. The number of nitrogens with one attached hydrogen (secondary N) is 1. The van der Waals surface area contributed by atoms with Crippen molar-refractivity contribution in [2.75, 3.05) is 31.1 Å². The summed E-state index contributed by atoms with van der Waals surface area (Å²) in [5.74, 6) is 0.731. The number of quaternary nitrogens is 1. The Kier molecular flexibility index (Phi) is 4.56. The highest BCUT2D eigenvalue weighted by molar-refractivity contribution is 7.13. The van der Waals surface area contributed by atoms with E-state index in [1.54, 1.807) is 17.6 Å². The first-order chi connectivity index (χ1) is 11.8. The lowest BCUT2D eigenvalue weighted by Gasteiger charge is -2.33. The predicted molar refractivity (Wildman–Crippen MR) is 97.9 cm³/mol. The van der Waals surface area contributed by atoms with Crippen LogP contribution in [0.5, 0.6) is 0 Å². The van der Waals surface area contributed by atoms with Gasteiger partial charge in [0.25, 0.3) is 0 Å². The molecule has 6 heteroatoms. The van der Waals surface area contributed by atoms with E-state index in [1.807, 2.05) is 35.7 Å². The number of halogens is 1. The summed E-state index contributed by atoms with van der Waals surface area (Å²) in [6.45, 7) is 5.08. The first kappa shape index (κ1) is 15.7. The quantitative estimate of drug-likeness (QED) is 0.776. The van der Waals surface area contributed by atoms with Gasteiger partial charge in [-0.3, -0.25) is 0 Å². The molecule has 0 amide bonds. The van der Waals surface area contributed by atoms with Crippen LogP contribution in [0.1, 0.15) is 5.69 Å². The highest BCUT2D eigenvalue weighted by Crippen LogP contribution is 2.25. The number of para-hydroxylation sites is 1. The lowest BCUT2D eigenvalue weighted by atomic mass is 10.2. The lowest BCUT2D eigenvalue weighted by Crippen LogP contribution is -3.13. The summed E-state index contributed by atoms with van der Waals surface area (Å²) in [4.78, 5) is 9.61. The zero-order valence-electron chi connectivity index (χ0n) is 13.2. The molecule has 0 radical (unpaired) electrons. The Balaban J connectivity index is 1.36. The SMILES string of the molecule is Clc1ccccc1N1CC[NH+](Cc2coc(-c3cccs3)n2)CC1. The molecule has 0 saturated carbocycles. The van der Waals surface area contributed by atoms with Crippen LogP contribution in [-0.4, -0.2) is 31.2 Å². The minimum absolute atomic E-state index is 0.731. The summed E-state index contributed by atoms with van der Waals surface area (Å²) in [6.07, 6.45) is 1.79. The van der Waals surface area contributed by atoms with Crippen LogP contribution in [0.3, 0.4) is 0 Å². The van der Waals surface area contributed by atoms with Crippen molar-refractivity contribution in [3.8, 4) is 10.8 Å². The molecule has 3 heterocycles. The van der Waals surface area contributed by atoms with Gasteiger partial charge in [-0.2, -0.15) is 0 Å². The van der Waals surface area contributed by atoms with Crippen LogP contribution in [-0.2, 0) is 6.54 Å². The molecule has 0 unspecified atom stereocenters. The second-order valence-electron chi connectivity index (χ2n) is 5.99. The first-order valence-corrected chi connectivity index (χ1v) is 9.37. The number of aromatic nitrogens is 1. The number of benzene rings is 1. The van der Waals surface area contributed by atoms with Crippen LogP contribution in [0, 0.1) is 0 Å². The highest BCUT2D eigenvalue weighted by Gasteiger charge is 2.22. The number of hydrogen-bond donors (Lipinski definition) is 1. The largest absolute Gasteiger partial charge is 0.443 e. The van der Waals surface area contributed by atoms with Crippen LogP contribution < -0.4 is 9.80 Å². The van der Waals surface area contributed by atoms with E-state index >= 15 is 0 Å². The summed E-state index contributed by atoms with van der Waals surface area (Å²) in [7, 11) is 0. The Morgan fingerprint density at radius 3 is 2.75 bits per heavy atom. The zero-order chi connectivity index (χ0) is 16.4. The molecule has 1 aromatic carbocycles. The molecule has 4 rings (SSSR count). The standard InChI is InChI=1S/C18H18ClN3OS/c19-15-4-1-2-5-16(15)22-9-7-21(8-10-22)12-14-13-23-18(20-14)17-6-3-11-24-17/h1-6,11,13H,7-10,12H2/p+1. The third-order valence-electron chi connectivity index (χ3n) is 4.38. The number of nitrogens with zero attached hydrogens (tertiary/aromatic N) is 2. The Bertz CT molecular complexity index is 794. The Morgan fingerprint density at radius 2 is 2.00 bits per heavy atom. The third-order valence-corrected chi connectivity index (χ3v) is 5.56. The minimum atomic E-state index is 0.731. The topological polar surface area (TPSA) is 33.7 Å². The number of thiophene rings is 1. The van der Waals surface area contributed by atoms with Crippen molar-refractivity contribution in [1.82, 2.24) is 4.98 Å². The maximum atomic E-state index is 6.31. The average Bonchev–Trinajstić information content (AvgIpc) is 3.27. The molecule has 4 nitrogen and oxygen atoms in total. The van der Waals surface area contributed by atoms with Crippen molar-refractivity contribution < 1.29 is 9.32 Å². The van der Waals surface area contributed by atoms with E-state index in [0.717, 1.165) is 59.9 Å². The second kappa shape index (κ2) is 6.97. The zero-order valence-corrected chi connectivity index (χ0v) is 14.8. The molecule has 3 aromatic rings. The molecular weight excluding hydrogens is 342 g/mol. The fourth-order valence-corrected chi connectivity index (χ4v) is 4.02. The van der Waals surface area contributed by atoms with Crippen molar-refractivity contribution in [3.63, 3.8) is 0 Å². The van der Waals surface area contributed by atoms with Crippen LogP contribution >= 0.6 is 22.9 Å². The molecule has 1 fully saturated rings. The van der Waals surface area contributed by atoms with Crippen molar-refractivity contribution in [2.45, 2.75) is 6.54 Å². The number of piperazine rings is 1. The molecule has 0 spiro atoms. The van der Waals surface area contributed by atoms with Crippen LogP contribution in [0.4, 0.5) is 5.69 Å². The normalized spacial score (nSPS) is 15.8. The molecule has 1 N–H and O–H groups in total. The van der Waals surface area contributed by atoms with E-state index in [1.165, 1.54) is 4.90 Å². The Hall–Kier alpha value is -1.82. The van der Waals surface area contributed by atoms with Crippen LogP contribution in [0.25, 0.3) is 10.8 Å². The van der Waals surface area contributed by atoms with Gasteiger partial charge in [-0.1, -0.05) is 29.8 Å². The van der Waals surface area contributed by atoms with Gasteiger partial charge < -0.3 is 14.2 Å². The van der Waals surface area contributed by atoms with Gasteiger partial charge in [0.05, 0.1) is 41.8 Å². The van der Waals surface area contributed by atoms with Gasteiger partial charge in [0.15, 0.2) is 0 Å². The number of oxazole rings is 1. The molecule has 1 saturated heterocycles. The summed E-state index contributed by atoms with van der Waals surface area (Å²) >= 11 is 7.96. The van der Waals surface area contributed by atoms with Crippen LogP contribution in [0.2, 0.25) is 5.02 Å². The first-order valence-electron chi connectivity index (χ1n) is 8.11. The van der Waals surface area contributed by atoms with Gasteiger partial charge in [-0.05, 0) is 23.6 Å². The molecule has 124 valence electrons. The van der Waals surface area contributed by atoms with Gasteiger partial charge in [0, 0.05) is 0 Å². The van der Waals surface area contributed by atoms with E-state index in [2.05, 4.69) is 16.0 Å². The molecule has 0 bridgehead atoms. The van der Waals surface area contributed by atoms with E-state index in [0.29, 0.717) is 0 Å². The summed E-state index contributed by atoms with van der Waals surface area (Å²) < 4.78 is 5.61. The molecular formula is C18H19ClN3OS+. The van der Waals surface area contributed by atoms with E-state index in [9.17, 15) is 0 Å². The minimum Gasteiger partial charge on any atom is -0.443 e. The molecule has 0 aliphatic carbocycles. The Labute approximate surface area is 150 Å². The van der Waals surface area contributed by atoms with Crippen LogP contribution in [0.15, 0.2) is 52.5 Å². The summed E-state index contributed by atoms with van der Waals surface area (Å²) in [6, 6.07) is 12.1. The van der Waals surface area contributed by atoms with Gasteiger partial charge in [0.1, 0.15) is 18.5 Å². The maximum Gasteiger partial charge on any atom is 0.236 e. The van der Waals surface area contributed by atoms with E-state index < -0.39 is 0 Å². The van der Waals surface area contributed by atoms with Gasteiger partial charge in [-0.15, -0.1) is 11.3 Å². The smallest absolute Gasteiger partial charge is 0.236 e. The molecule has 24 heavy (non-hydrogen) atoms. The number of hydrogen-bond acceptors (Lipinski definition) is 4. The van der Waals surface area contributed by atoms with Crippen molar-refractivity contribution in [3.05, 3.63) is 58.8 Å². The van der Waals surface area contributed by atoms with E-state index in [-0.39, 0.29) is 0 Å². The fraction of sp³-hybridized carbons (Fsp3) is 0.278. The molecule has 2 aromatic heterocycles. The lowest BCUT2D eigenvalue weighted by molar-refractivity contribution is -0.914. The molecule has 0 atom stereocenters. The third kappa shape index (κ3) is 3.34. The monoisotopic (exact) mass is 360 g/mol. The predicted octanol–water partition coefficient (Wildman–Crippen LogP) is 2.96. The molecule has 1 aliphatic rings. The van der Waals surface area contributed by atoms with Crippen molar-refractivity contribution >= 4 is 28.6 Å². The van der Waals surface area contributed by atoms with Crippen molar-refractivity contribution in [1.29, 1.82) is 0 Å². The van der Waals surface area contributed by atoms with Gasteiger partial charge in [0.2, 0.25) is 5.89 Å². The fourth-order valence-electron chi connectivity index (χ4n) is 3.11. The van der Waals surface area contributed by atoms with Gasteiger partial charge >= 0.3 is 0 Å². The Morgan fingerprint density at radius 1 is 1.17 bits per heavy atom. The summed E-state index contributed by atoms with van der Waals surface area (Å²) in [5, 5.41) is 2.87. The average molecular weight is 361 g/mol. The van der Waals surface area contributed by atoms with Crippen molar-refractivity contribution in [2.24, 2.45) is 0 Å². The highest BCUT2D eigenvalue weighted by atomic mass is 35.5. The summed E-state index contributed by atoms with van der Waals surface area (Å²) in [5.41, 5.74) is 2.17. The second-order valence-corrected chi connectivity index (χ2v) is 7.34.